The Hall–Kier alpha value is -5.22. The summed E-state index contributed by atoms with van der Waals surface area (Å²) in [5, 5.41) is 9.81. The average Bonchev–Trinajstić information content (AvgIpc) is 3.64. The molecule has 0 spiro atoms. The highest BCUT2D eigenvalue weighted by molar-refractivity contribution is 6.21. The van der Waals surface area contributed by atoms with Gasteiger partial charge in [0.25, 0.3) is 0 Å². The molecule has 3 aromatic heterocycles. The molecule has 8 aromatic rings. The van der Waals surface area contributed by atoms with Crippen LogP contribution in [-0.4, -0.2) is 15.0 Å². The molecule has 1 aliphatic carbocycles. The van der Waals surface area contributed by atoms with Gasteiger partial charge >= 0.3 is 0 Å². The minimum absolute atomic E-state index is 0.0947. The summed E-state index contributed by atoms with van der Waals surface area (Å²) < 4.78 is 4.77. The molecule has 0 saturated heterocycles. The number of para-hydroxylation sites is 2. The third-order valence-corrected chi connectivity index (χ3v) is 8.89. The maximum absolute atomic E-state index is 5.24. The molecular weight excluding hydrogens is 488 g/mol. The van der Waals surface area contributed by atoms with E-state index in [9.17, 15) is 0 Å². The molecule has 4 nitrogen and oxygen atoms in total. The lowest BCUT2D eigenvalue weighted by molar-refractivity contribution is 0.704. The molecule has 4 heteroatoms. The Morgan fingerprint density at radius 3 is 2.48 bits per heavy atom. The van der Waals surface area contributed by atoms with Gasteiger partial charge in [-0.3, -0.25) is 9.39 Å². The van der Waals surface area contributed by atoms with E-state index in [1.165, 1.54) is 65.5 Å². The van der Waals surface area contributed by atoms with E-state index >= 15 is 0 Å². The molecule has 1 atom stereocenters. The third-order valence-electron chi connectivity index (χ3n) is 8.89. The predicted molar refractivity (Wildman–Crippen MR) is 163 cm³/mol. The van der Waals surface area contributed by atoms with Crippen LogP contribution < -0.4 is 10.8 Å². The molecule has 0 saturated carbocycles. The molecule has 1 aliphatic heterocycles. The van der Waals surface area contributed by atoms with Crippen molar-refractivity contribution in [1.82, 2.24) is 8.97 Å². The monoisotopic (exact) mass is 510 g/mol. The van der Waals surface area contributed by atoms with Crippen LogP contribution in [0.3, 0.4) is 0 Å². The van der Waals surface area contributed by atoms with Gasteiger partial charge in [-0.25, -0.2) is 4.99 Å². The van der Waals surface area contributed by atoms with Gasteiger partial charge in [-0.2, -0.15) is 0 Å². The van der Waals surface area contributed by atoms with Crippen LogP contribution >= 0.6 is 0 Å². The molecule has 5 aromatic carbocycles. The predicted octanol–water partition coefficient (Wildman–Crippen LogP) is 7.40. The third kappa shape index (κ3) is 2.47. The van der Waals surface area contributed by atoms with E-state index in [2.05, 4.69) is 124 Å². The second-order valence-corrected chi connectivity index (χ2v) is 11.0. The molecule has 0 amide bonds. The van der Waals surface area contributed by atoms with Crippen molar-refractivity contribution in [3.05, 3.63) is 132 Å². The quantitative estimate of drug-likeness (QED) is 0.221. The molecule has 4 heterocycles. The zero-order valence-corrected chi connectivity index (χ0v) is 21.5. The zero-order valence-electron chi connectivity index (χ0n) is 21.5. The van der Waals surface area contributed by atoms with Crippen molar-refractivity contribution in [2.45, 2.75) is 12.5 Å². The van der Waals surface area contributed by atoms with Crippen molar-refractivity contribution >= 4 is 59.8 Å². The maximum Gasteiger partial charge on any atom is 0.160 e. The van der Waals surface area contributed by atoms with Gasteiger partial charge in [0.05, 0.1) is 33.8 Å². The smallest absolute Gasteiger partial charge is 0.160 e. The molecule has 186 valence electrons. The first-order valence-electron chi connectivity index (χ1n) is 13.9. The SMILES string of the molecule is C1=CCC2N=c3c(c4cccc5c6cc(-n7c8ccccc8c8c9ccccc9ccc87)ccc6n3c45)=NC2=C1. The Balaban J connectivity index is 1.32. The Morgan fingerprint density at radius 2 is 1.50 bits per heavy atom. The molecule has 1 unspecified atom stereocenters. The van der Waals surface area contributed by atoms with Crippen LogP contribution in [0, 0.1) is 0 Å². The summed E-state index contributed by atoms with van der Waals surface area (Å²) in [7, 11) is 0. The summed E-state index contributed by atoms with van der Waals surface area (Å²) in [5.41, 5.74) is 8.06. The highest BCUT2D eigenvalue weighted by Gasteiger charge is 2.24. The Labute approximate surface area is 228 Å². The lowest BCUT2D eigenvalue weighted by Crippen LogP contribution is -2.34. The topological polar surface area (TPSA) is 34.1 Å². The number of benzene rings is 5. The number of rotatable bonds is 1. The Bertz CT molecular complexity index is 2570. The fourth-order valence-electron chi connectivity index (χ4n) is 7.19. The van der Waals surface area contributed by atoms with E-state index in [1.807, 2.05) is 0 Å². The van der Waals surface area contributed by atoms with E-state index in [1.54, 1.807) is 0 Å². The summed E-state index contributed by atoms with van der Waals surface area (Å²) in [6.45, 7) is 0. The van der Waals surface area contributed by atoms with E-state index in [-0.39, 0.29) is 6.04 Å². The van der Waals surface area contributed by atoms with Crippen molar-refractivity contribution < 1.29 is 0 Å². The summed E-state index contributed by atoms with van der Waals surface area (Å²) in [4.78, 5) is 10.3. The molecule has 0 radical (unpaired) electrons. The van der Waals surface area contributed by atoms with Crippen LogP contribution in [-0.2, 0) is 0 Å². The summed E-state index contributed by atoms with van der Waals surface area (Å²) in [5.74, 6) is 0. The molecule has 0 bridgehead atoms. The van der Waals surface area contributed by atoms with Crippen molar-refractivity contribution in [1.29, 1.82) is 0 Å². The molecule has 10 rings (SSSR count). The second kappa shape index (κ2) is 7.25. The van der Waals surface area contributed by atoms with Gasteiger partial charge in [0, 0.05) is 32.6 Å². The minimum atomic E-state index is 0.0947. The van der Waals surface area contributed by atoms with Crippen molar-refractivity contribution in [2.24, 2.45) is 9.98 Å². The first-order chi connectivity index (χ1) is 19.8. The van der Waals surface area contributed by atoms with E-state index in [4.69, 9.17) is 9.98 Å². The Kier molecular flexibility index (Phi) is 3.75. The minimum Gasteiger partial charge on any atom is -0.309 e. The number of allylic oxidation sites excluding steroid dienone is 2. The van der Waals surface area contributed by atoms with Gasteiger partial charge in [0.1, 0.15) is 5.36 Å². The molecule has 0 fully saturated rings. The number of aromatic nitrogens is 2. The molecular formula is C36H22N4. The van der Waals surface area contributed by atoms with Gasteiger partial charge in [0.2, 0.25) is 0 Å². The van der Waals surface area contributed by atoms with Crippen LogP contribution in [0.15, 0.2) is 131 Å². The normalized spacial score (nSPS) is 16.6. The largest absolute Gasteiger partial charge is 0.309 e. The summed E-state index contributed by atoms with van der Waals surface area (Å²) in [6, 6.07) is 35.6. The second-order valence-electron chi connectivity index (χ2n) is 11.0. The first-order valence-corrected chi connectivity index (χ1v) is 13.9. The number of nitrogens with zero attached hydrogens (tertiary/aromatic N) is 4. The van der Waals surface area contributed by atoms with E-state index < -0.39 is 0 Å². The maximum atomic E-state index is 5.24. The van der Waals surface area contributed by atoms with Crippen LogP contribution in [0.5, 0.6) is 0 Å². The van der Waals surface area contributed by atoms with E-state index in [0.29, 0.717) is 0 Å². The molecule has 40 heavy (non-hydrogen) atoms. The summed E-state index contributed by atoms with van der Waals surface area (Å²) in [6.07, 6.45) is 7.29. The fourth-order valence-corrected chi connectivity index (χ4v) is 7.19. The lowest BCUT2D eigenvalue weighted by Gasteiger charge is -2.16. The van der Waals surface area contributed by atoms with E-state index in [0.717, 1.165) is 23.0 Å². The Morgan fingerprint density at radius 1 is 0.675 bits per heavy atom. The van der Waals surface area contributed by atoms with Gasteiger partial charge in [-0.15, -0.1) is 0 Å². The van der Waals surface area contributed by atoms with Crippen molar-refractivity contribution in [3.63, 3.8) is 0 Å². The molecule has 2 aliphatic rings. The number of hydrogen-bond donors (Lipinski definition) is 0. The van der Waals surface area contributed by atoms with Crippen LogP contribution in [0.1, 0.15) is 6.42 Å². The van der Waals surface area contributed by atoms with Gasteiger partial charge in [-0.05, 0) is 53.6 Å². The standard InChI is InChI=1S/C36H22N4/c1-2-9-23-21(8-1)16-18-32-33(23)25-10-3-6-15-30(25)39(32)22-17-19-31-27(20-22)24-11-7-12-26-34-36(40(31)35(24)26)38-29-14-5-4-13-28(29)37-34/h1-13,15-20,29H,14H2. The van der Waals surface area contributed by atoms with Crippen LogP contribution in [0.25, 0.3) is 65.5 Å². The zero-order chi connectivity index (χ0) is 25.9. The van der Waals surface area contributed by atoms with Gasteiger partial charge in [0.15, 0.2) is 5.49 Å². The number of fused-ring (bicyclic) bond motifs is 12. The average molecular weight is 511 g/mol. The van der Waals surface area contributed by atoms with Gasteiger partial charge < -0.3 is 4.57 Å². The number of hydrogen-bond acceptors (Lipinski definition) is 2. The summed E-state index contributed by atoms with van der Waals surface area (Å²) >= 11 is 0. The fraction of sp³-hybridized carbons (Fsp3) is 0.0556. The van der Waals surface area contributed by atoms with Crippen LogP contribution in [0.4, 0.5) is 0 Å². The van der Waals surface area contributed by atoms with Crippen LogP contribution in [0.2, 0.25) is 0 Å². The lowest BCUT2D eigenvalue weighted by atomic mass is 10.0. The highest BCUT2D eigenvalue weighted by atomic mass is 15.0. The van der Waals surface area contributed by atoms with Crippen molar-refractivity contribution in [2.75, 3.05) is 0 Å². The van der Waals surface area contributed by atoms with Crippen molar-refractivity contribution in [3.8, 4) is 5.69 Å². The molecule has 0 N–H and O–H groups in total. The first kappa shape index (κ1) is 20.7. The highest BCUT2D eigenvalue weighted by Crippen LogP contribution is 2.38. The van der Waals surface area contributed by atoms with Gasteiger partial charge in [-0.1, -0.05) is 78.9 Å².